The predicted octanol–water partition coefficient (Wildman–Crippen LogP) is 3.84. The Kier molecular flexibility index (Phi) is 4.04. The molecule has 0 N–H and O–H groups in total. The number of hydrogen-bond acceptors (Lipinski definition) is 0. The van der Waals surface area contributed by atoms with Gasteiger partial charge >= 0.3 is 0 Å². The number of rotatable bonds is 4. The summed E-state index contributed by atoms with van der Waals surface area (Å²) in [5.74, 6) is 0. The maximum atomic E-state index is 3.72. The molecule has 0 aromatic heterocycles. The molecule has 0 aliphatic rings. The molecular formula is C13H16. The molecule has 1 aromatic carbocycles. The van der Waals surface area contributed by atoms with Crippen LogP contribution < -0.4 is 0 Å². The summed E-state index contributed by atoms with van der Waals surface area (Å²) in [5.41, 5.74) is 2.67. The van der Waals surface area contributed by atoms with Gasteiger partial charge in [0.2, 0.25) is 0 Å². The van der Waals surface area contributed by atoms with E-state index >= 15 is 0 Å². The molecule has 0 aliphatic heterocycles. The van der Waals surface area contributed by atoms with E-state index in [1.54, 1.807) is 0 Å². The summed E-state index contributed by atoms with van der Waals surface area (Å²) >= 11 is 0. The quantitative estimate of drug-likeness (QED) is 0.605. The number of aryl methyl sites for hydroxylation is 1. The summed E-state index contributed by atoms with van der Waals surface area (Å²) in [6.45, 7) is 5.76. The van der Waals surface area contributed by atoms with Crippen LogP contribution in [-0.4, -0.2) is 0 Å². The Hall–Kier alpha value is -1.30. The van der Waals surface area contributed by atoms with E-state index in [4.69, 9.17) is 0 Å². The number of benzene rings is 1. The second-order valence-corrected chi connectivity index (χ2v) is 3.07. The van der Waals surface area contributed by atoms with Gasteiger partial charge in [-0.1, -0.05) is 42.5 Å². The van der Waals surface area contributed by atoms with Crippen molar-refractivity contribution in [3.8, 4) is 0 Å². The molecule has 68 valence electrons. The summed E-state index contributed by atoms with van der Waals surface area (Å²) in [6, 6.07) is 8.62. The zero-order valence-corrected chi connectivity index (χ0v) is 8.16. The molecule has 0 spiro atoms. The molecule has 0 bridgehead atoms. The Morgan fingerprint density at radius 3 is 2.92 bits per heavy atom. The Morgan fingerprint density at radius 1 is 1.38 bits per heavy atom. The minimum Gasteiger partial charge on any atom is -0.103 e. The largest absolute Gasteiger partial charge is 0.103 e. The van der Waals surface area contributed by atoms with Crippen molar-refractivity contribution < 1.29 is 0 Å². The van der Waals surface area contributed by atoms with Crippen molar-refractivity contribution in [2.75, 3.05) is 0 Å². The highest BCUT2D eigenvalue weighted by molar-refractivity contribution is 5.49. The topological polar surface area (TPSA) is 0 Å². The summed E-state index contributed by atoms with van der Waals surface area (Å²) in [5, 5.41) is 0. The highest BCUT2D eigenvalue weighted by atomic mass is 14.0. The minimum atomic E-state index is 1.05. The minimum absolute atomic E-state index is 1.05. The second kappa shape index (κ2) is 5.36. The van der Waals surface area contributed by atoms with Crippen molar-refractivity contribution in [3.05, 3.63) is 54.1 Å². The fraction of sp³-hybridized carbons (Fsp3) is 0.231. The molecule has 0 heteroatoms. The van der Waals surface area contributed by atoms with Crippen LogP contribution in [0.3, 0.4) is 0 Å². The van der Waals surface area contributed by atoms with Gasteiger partial charge in [-0.05, 0) is 30.9 Å². The maximum Gasteiger partial charge on any atom is -0.0244 e. The van der Waals surface area contributed by atoms with Crippen LogP contribution in [-0.2, 0) is 6.42 Å². The highest BCUT2D eigenvalue weighted by Crippen LogP contribution is 2.09. The van der Waals surface area contributed by atoms with Crippen molar-refractivity contribution in [3.63, 3.8) is 0 Å². The van der Waals surface area contributed by atoms with Gasteiger partial charge in [0.15, 0.2) is 0 Å². The van der Waals surface area contributed by atoms with Gasteiger partial charge in [0, 0.05) is 0 Å². The Bertz CT molecular complexity index is 295. The van der Waals surface area contributed by atoms with E-state index in [0.29, 0.717) is 0 Å². The Labute approximate surface area is 80.6 Å². The van der Waals surface area contributed by atoms with E-state index in [9.17, 15) is 0 Å². The van der Waals surface area contributed by atoms with Crippen molar-refractivity contribution in [1.82, 2.24) is 0 Å². The van der Waals surface area contributed by atoms with Gasteiger partial charge in [-0.15, -0.1) is 6.58 Å². The lowest BCUT2D eigenvalue weighted by atomic mass is 10.1. The van der Waals surface area contributed by atoms with Crippen molar-refractivity contribution in [2.24, 2.45) is 0 Å². The Morgan fingerprint density at radius 2 is 2.23 bits per heavy atom. The van der Waals surface area contributed by atoms with Crippen LogP contribution in [0, 0.1) is 0 Å². The first-order valence-electron chi connectivity index (χ1n) is 4.69. The second-order valence-electron chi connectivity index (χ2n) is 3.07. The molecule has 0 saturated heterocycles. The van der Waals surface area contributed by atoms with Crippen molar-refractivity contribution in [2.45, 2.75) is 19.8 Å². The fourth-order valence-corrected chi connectivity index (χ4v) is 1.31. The normalized spacial score (nSPS) is 10.5. The lowest BCUT2D eigenvalue weighted by Gasteiger charge is -1.99. The molecule has 1 rings (SSSR count). The van der Waals surface area contributed by atoms with Gasteiger partial charge in [-0.25, -0.2) is 0 Å². The van der Waals surface area contributed by atoms with Gasteiger partial charge in [0.1, 0.15) is 0 Å². The Balaban J connectivity index is 2.72. The fourth-order valence-electron chi connectivity index (χ4n) is 1.31. The van der Waals surface area contributed by atoms with E-state index in [1.807, 2.05) is 13.0 Å². The number of allylic oxidation sites excluding steroid dienone is 2. The molecule has 0 atom stereocenters. The van der Waals surface area contributed by atoms with Gasteiger partial charge in [-0.3, -0.25) is 0 Å². The smallest absolute Gasteiger partial charge is 0.0244 e. The van der Waals surface area contributed by atoms with E-state index in [2.05, 4.69) is 43.0 Å². The molecule has 0 amide bonds. The molecule has 0 heterocycles. The molecule has 0 unspecified atom stereocenters. The van der Waals surface area contributed by atoms with Crippen LogP contribution in [0.1, 0.15) is 24.5 Å². The number of hydrogen-bond donors (Lipinski definition) is 0. The van der Waals surface area contributed by atoms with Gasteiger partial charge in [0.05, 0.1) is 0 Å². The van der Waals surface area contributed by atoms with Crippen molar-refractivity contribution in [1.29, 1.82) is 0 Å². The standard InChI is InChI=1S/C13H16/c1-3-5-8-13-10-6-9-12(11-13)7-4-2/h3-4,6-7,9-11H,1,5,8H2,2H3. The average molecular weight is 172 g/mol. The predicted molar refractivity (Wildman–Crippen MR) is 59.7 cm³/mol. The lowest BCUT2D eigenvalue weighted by molar-refractivity contribution is 1.00. The zero-order chi connectivity index (χ0) is 9.52. The first-order valence-corrected chi connectivity index (χ1v) is 4.69. The molecule has 0 fully saturated rings. The molecular weight excluding hydrogens is 156 g/mol. The summed E-state index contributed by atoms with van der Waals surface area (Å²) in [6.07, 6.45) is 8.29. The maximum absolute atomic E-state index is 3.72. The highest BCUT2D eigenvalue weighted by Gasteiger charge is 1.91. The van der Waals surface area contributed by atoms with E-state index in [0.717, 1.165) is 12.8 Å². The summed E-state index contributed by atoms with van der Waals surface area (Å²) in [4.78, 5) is 0. The van der Waals surface area contributed by atoms with Crippen LogP contribution in [0.2, 0.25) is 0 Å². The van der Waals surface area contributed by atoms with Crippen LogP contribution in [0.5, 0.6) is 0 Å². The molecule has 0 radical (unpaired) electrons. The molecule has 1 aromatic rings. The lowest BCUT2D eigenvalue weighted by Crippen LogP contribution is -1.83. The monoisotopic (exact) mass is 172 g/mol. The van der Waals surface area contributed by atoms with E-state index in [-0.39, 0.29) is 0 Å². The third-order valence-corrected chi connectivity index (χ3v) is 1.95. The van der Waals surface area contributed by atoms with Crippen LogP contribution >= 0.6 is 0 Å². The molecule has 0 aliphatic carbocycles. The van der Waals surface area contributed by atoms with Crippen LogP contribution in [0.25, 0.3) is 6.08 Å². The van der Waals surface area contributed by atoms with Crippen LogP contribution in [0.4, 0.5) is 0 Å². The summed E-state index contributed by atoms with van der Waals surface area (Å²) < 4.78 is 0. The molecule has 13 heavy (non-hydrogen) atoms. The molecule has 0 saturated carbocycles. The zero-order valence-electron chi connectivity index (χ0n) is 8.16. The first kappa shape index (κ1) is 9.79. The first-order chi connectivity index (χ1) is 6.36. The average Bonchev–Trinajstić information content (AvgIpc) is 2.16. The SMILES string of the molecule is C=CCCc1cccc(C=CC)c1. The summed E-state index contributed by atoms with van der Waals surface area (Å²) in [7, 11) is 0. The third kappa shape index (κ3) is 3.29. The molecule has 0 nitrogen and oxygen atoms in total. The van der Waals surface area contributed by atoms with Gasteiger partial charge in [-0.2, -0.15) is 0 Å². The van der Waals surface area contributed by atoms with Crippen molar-refractivity contribution >= 4 is 6.08 Å². The van der Waals surface area contributed by atoms with Gasteiger partial charge < -0.3 is 0 Å². The van der Waals surface area contributed by atoms with E-state index in [1.165, 1.54) is 11.1 Å². The van der Waals surface area contributed by atoms with E-state index < -0.39 is 0 Å². The third-order valence-electron chi connectivity index (χ3n) is 1.95. The van der Waals surface area contributed by atoms with Gasteiger partial charge in [0.25, 0.3) is 0 Å². The van der Waals surface area contributed by atoms with Crippen LogP contribution in [0.15, 0.2) is 43.0 Å².